The van der Waals surface area contributed by atoms with Gasteiger partial charge in [0.05, 0.1) is 12.2 Å². The lowest BCUT2D eigenvalue weighted by atomic mass is 10.2. The highest BCUT2D eigenvalue weighted by atomic mass is 19.1. The monoisotopic (exact) mass is 254 g/mol. The first-order valence-electron chi connectivity index (χ1n) is 5.62. The molecular formula is C14H11FN4. The zero-order valence-electron chi connectivity index (χ0n) is 10.1. The summed E-state index contributed by atoms with van der Waals surface area (Å²) in [6.45, 7) is 4.09. The van der Waals surface area contributed by atoms with Crippen LogP contribution in [0.1, 0.15) is 17.0 Å². The van der Waals surface area contributed by atoms with Gasteiger partial charge in [-0.1, -0.05) is 29.5 Å². The molecule has 94 valence electrons. The standard InChI is InChI=1S/C14H11FN4/c1-2-9-19-14(13(10-16)17-18-19)8-5-11-3-6-12(15)7-4-11/h2-8H,1,9H2/b8-5+. The van der Waals surface area contributed by atoms with Crippen molar-refractivity contribution in [3.05, 3.63) is 59.7 Å². The predicted molar refractivity (Wildman–Crippen MR) is 70.3 cm³/mol. The molecule has 0 saturated heterocycles. The van der Waals surface area contributed by atoms with Crippen molar-refractivity contribution in [2.45, 2.75) is 6.54 Å². The molecule has 0 aliphatic carbocycles. The van der Waals surface area contributed by atoms with Crippen molar-refractivity contribution in [1.82, 2.24) is 15.0 Å². The first-order valence-corrected chi connectivity index (χ1v) is 5.62. The Labute approximate surface area is 110 Å². The highest BCUT2D eigenvalue weighted by molar-refractivity contribution is 5.69. The number of halogens is 1. The van der Waals surface area contributed by atoms with Gasteiger partial charge in [0.25, 0.3) is 0 Å². The van der Waals surface area contributed by atoms with E-state index in [-0.39, 0.29) is 11.5 Å². The van der Waals surface area contributed by atoms with Gasteiger partial charge in [0.15, 0.2) is 5.69 Å². The summed E-state index contributed by atoms with van der Waals surface area (Å²) in [7, 11) is 0. The largest absolute Gasteiger partial charge is 0.240 e. The highest BCUT2D eigenvalue weighted by Gasteiger charge is 2.08. The first kappa shape index (κ1) is 12.7. The molecule has 2 aromatic rings. The van der Waals surface area contributed by atoms with E-state index >= 15 is 0 Å². The molecule has 1 aromatic carbocycles. The average molecular weight is 254 g/mol. The van der Waals surface area contributed by atoms with E-state index < -0.39 is 0 Å². The fourth-order valence-corrected chi connectivity index (χ4v) is 1.57. The van der Waals surface area contributed by atoms with Gasteiger partial charge in [-0.2, -0.15) is 5.26 Å². The van der Waals surface area contributed by atoms with E-state index in [9.17, 15) is 4.39 Å². The number of aromatic nitrogens is 3. The van der Waals surface area contributed by atoms with Gasteiger partial charge in [-0.05, 0) is 23.8 Å². The van der Waals surface area contributed by atoms with Crippen LogP contribution in [0.15, 0.2) is 36.9 Å². The Morgan fingerprint density at radius 3 is 2.68 bits per heavy atom. The predicted octanol–water partition coefficient (Wildman–Crippen LogP) is 2.65. The minimum atomic E-state index is -0.284. The van der Waals surface area contributed by atoms with E-state index in [2.05, 4.69) is 16.9 Å². The molecular weight excluding hydrogens is 243 g/mol. The SMILES string of the molecule is C=CCn1nnc(C#N)c1/C=C/c1ccc(F)cc1. The van der Waals surface area contributed by atoms with Gasteiger partial charge in [-0.3, -0.25) is 0 Å². The van der Waals surface area contributed by atoms with E-state index in [1.54, 1.807) is 35.0 Å². The van der Waals surface area contributed by atoms with E-state index in [1.165, 1.54) is 12.1 Å². The molecule has 0 saturated carbocycles. The summed E-state index contributed by atoms with van der Waals surface area (Å²) in [6.07, 6.45) is 5.18. The fourth-order valence-electron chi connectivity index (χ4n) is 1.57. The molecule has 0 unspecified atom stereocenters. The van der Waals surface area contributed by atoms with Crippen molar-refractivity contribution in [1.29, 1.82) is 5.26 Å². The summed E-state index contributed by atoms with van der Waals surface area (Å²) >= 11 is 0. The normalized spacial score (nSPS) is 10.5. The number of nitrogens with zero attached hydrogens (tertiary/aromatic N) is 4. The maximum Gasteiger partial charge on any atom is 0.190 e. The van der Waals surface area contributed by atoms with Crippen LogP contribution < -0.4 is 0 Å². The average Bonchev–Trinajstić information content (AvgIpc) is 2.81. The van der Waals surface area contributed by atoms with Gasteiger partial charge < -0.3 is 0 Å². The van der Waals surface area contributed by atoms with Crippen molar-refractivity contribution in [3.8, 4) is 6.07 Å². The molecule has 1 aromatic heterocycles. The Morgan fingerprint density at radius 1 is 1.32 bits per heavy atom. The summed E-state index contributed by atoms with van der Waals surface area (Å²) in [5.41, 5.74) is 1.68. The molecule has 0 N–H and O–H groups in total. The minimum absolute atomic E-state index is 0.250. The highest BCUT2D eigenvalue weighted by Crippen LogP contribution is 2.11. The number of hydrogen-bond acceptors (Lipinski definition) is 3. The topological polar surface area (TPSA) is 54.5 Å². The molecule has 0 aliphatic rings. The lowest BCUT2D eigenvalue weighted by Crippen LogP contribution is -2.00. The molecule has 1 heterocycles. The molecule has 0 amide bonds. The number of hydrogen-bond donors (Lipinski definition) is 0. The van der Waals surface area contributed by atoms with Crippen molar-refractivity contribution in [3.63, 3.8) is 0 Å². The molecule has 0 radical (unpaired) electrons. The maximum absolute atomic E-state index is 12.8. The third kappa shape index (κ3) is 2.93. The van der Waals surface area contributed by atoms with Crippen molar-refractivity contribution >= 4 is 12.2 Å². The molecule has 0 aliphatic heterocycles. The summed E-state index contributed by atoms with van der Waals surface area (Å²) in [5, 5.41) is 16.6. The third-order valence-corrected chi connectivity index (χ3v) is 2.48. The fraction of sp³-hybridized carbons (Fsp3) is 0.0714. The number of nitriles is 1. The molecule has 0 fully saturated rings. The quantitative estimate of drug-likeness (QED) is 0.788. The Bertz CT molecular complexity index is 647. The summed E-state index contributed by atoms with van der Waals surface area (Å²) in [6, 6.07) is 8.04. The molecule has 19 heavy (non-hydrogen) atoms. The van der Waals surface area contributed by atoms with Crippen LogP contribution in [-0.2, 0) is 6.54 Å². The van der Waals surface area contributed by atoms with Crippen LogP contribution in [0.5, 0.6) is 0 Å². The zero-order chi connectivity index (χ0) is 13.7. The van der Waals surface area contributed by atoms with Crippen LogP contribution in [0.3, 0.4) is 0 Å². The minimum Gasteiger partial charge on any atom is -0.240 e. The third-order valence-electron chi connectivity index (χ3n) is 2.48. The van der Waals surface area contributed by atoms with Crippen LogP contribution in [0.4, 0.5) is 4.39 Å². The maximum atomic E-state index is 12.8. The number of rotatable bonds is 4. The number of allylic oxidation sites excluding steroid dienone is 1. The zero-order valence-corrected chi connectivity index (χ0v) is 10.1. The Hall–Kier alpha value is -2.74. The second-order valence-corrected chi connectivity index (χ2v) is 3.79. The van der Waals surface area contributed by atoms with E-state index in [0.717, 1.165) is 5.56 Å². The van der Waals surface area contributed by atoms with Gasteiger partial charge in [-0.15, -0.1) is 11.7 Å². The lowest BCUT2D eigenvalue weighted by Gasteiger charge is -1.98. The summed E-state index contributed by atoms with van der Waals surface area (Å²) in [4.78, 5) is 0. The smallest absolute Gasteiger partial charge is 0.190 e. The van der Waals surface area contributed by atoms with Crippen LogP contribution in [0, 0.1) is 17.1 Å². The van der Waals surface area contributed by atoms with E-state index in [1.807, 2.05) is 6.07 Å². The molecule has 2 rings (SSSR count). The van der Waals surface area contributed by atoms with Gasteiger partial charge in [0.1, 0.15) is 11.9 Å². The molecule has 4 nitrogen and oxygen atoms in total. The van der Waals surface area contributed by atoms with Crippen molar-refractivity contribution in [2.75, 3.05) is 0 Å². The van der Waals surface area contributed by atoms with Crippen LogP contribution in [0.25, 0.3) is 12.2 Å². The lowest BCUT2D eigenvalue weighted by molar-refractivity contribution is 0.628. The molecule has 0 atom stereocenters. The first-order chi connectivity index (χ1) is 9.24. The van der Waals surface area contributed by atoms with Crippen LogP contribution in [-0.4, -0.2) is 15.0 Å². The van der Waals surface area contributed by atoms with Crippen molar-refractivity contribution < 1.29 is 4.39 Å². The Morgan fingerprint density at radius 2 is 2.05 bits per heavy atom. The Kier molecular flexibility index (Phi) is 3.84. The van der Waals surface area contributed by atoms with Crippen LogP contribution in [0.2, 0.25) is 0 Å². The summed E-state index contributed by atoms with van der Waals surface area (Å²) in [5.74, 6) is -0.284. The second-order valence-electron chi connectivity index (χ2n) is 3.79. The summed E-state index contributed by atoms with van der Waals surface area (Å²) < 4.78 is 14.4. The molecule has 0 spiro atoms. The van der Waals surface area contributed by atoms with Crippen molar-refractivity contribution in [2.24, 2.45) is 0 Å². The second kappa shape index (κ2) is 5.74. The van der Waals surface area contributed by atoms with Gasteiger partial charge >= 0.3 is 0 Å². The Balaban J connectivity index is 2.31. The van der Waals surface area contributed by atoms with Crippen LogP contribution >= 0.6 is 0 Å². The molecule has 5 heteroatoms. The van der Waals surface area contributed by atoms with Gasteiger partial charge in [0.2, 0.25) is 0 Å². The number of benzene rings is 1. The van der Waals surface area contributed by atoms with Gasteiger partial charge in [-0.25, -0.2) is 9.07 Å². The van der Waals surface area contributed by atoms with E-state index in [0.29, 0.717) is 12.2 Å². The van der Waals surface area contributed by atoms with E-state index in [4.69, 9.17) is 5.26 Å². The van der Waals surface area contributed by atoms with Gasteiger partial charge in [0, 0.05) is 0 Å². The molecule has 0 bridgehead atoms.